The van der Waals surface area contributed by atoms with Crippen LogP contribution in [0.3, 0.4) is 0 Å². The van der Waals surface area contributed by atoms with E-state index in [0.29, 0.717) is 32.4 Å². The number of likely N-dealkylation sites (tertiary alicyclic amines) is 1. The zero-order valence-corrected chi connectivity index (χ0v) is 15.8. The van der Waals surface area contributed by atoms with Gasteiger partial charge >= 0.3 is 0 Å². The van der Waals surface area contributed by atoms with Gasteiger partial charge in [0, 0.05) is 13.1 Å². The van der Waals surface area contributed by atoms with E-state index in [1.54, 1.807) is 7.11 Å². The highest BCUT2D eigenvalue weighted by atomic mass is 16.5. The van der Waals surface area contributed by atoms with Crippen LogP contribution in [0.15, 0.2) is 54.6 Å². The summed E-state index contributed by atoms with van der Waals surface area (Å²) in [7, 11) is 1.62. The minimum atomic E-state index is -0.902. The second kappa shape index (κ2) is 8.91. The number of hydrogen-bond donors (Lipinski definition) is 1. The standard InChI is InChI=1S/C22H27NO4/c1-26-20-10-5-7-18(15-20)16-21(24)23-13-6-11-22(25,12-14-23)17-27-19-8-3-2-4-9-19/h2-5,7-10,15,25H,6,11-14,16-17H2,1H3. The first-order valence-corrected chi connectivity index (χ1v) is 9.39. The molecule has 2 aromatic carbocycles. The summed E-state index contributed by atoms with van der Waals surface area (Å²) >= 11 is 0. The normalized spacial score (nSPS) is 20.0. The van der Waals surface area contributed by atoms with Gasteiger partial charge in [-0.05, 0) is 49.1 Å². The molecule has 1 N–H and O–H groups in total. The van der Waals surface area contributed by atoms with Gasteiger partial charge in [-0.2, -0.15) is 0 Å². The molecular weight excluding hydrogens is 342 g/mol. The van der Waals surface area contributed by atoms with Gasteiger partial charge in [0.25, 0.3) is 0 Å². The highest BCUT2D eigenvalue weighted by Gasteiger charge is 2.32. The molecule has 1 aliphatic heterocycles. The molecule has 5 heteroatoms. The topological polar surface area (TPSA) is 59.0 Å². The van der Waals surface area contributed by atoms with Crippen LogP contribution in [0.2, 0.25) is 0 Å². The average Bonchev–Trinajstić information content (AvgIpc) is 2.90. The molecule has 5 nitrogen and oxygen atoms in total. The van der Waals surface area contributed by atoms with E-state index in [1.807, 2.05) is 59.5 Å². The number of nitrogens with zero attached hydrogens (tertiary/aromatic N) is 1. The summed E-state index contributed by atoms with van der Waals surface area (Å²) in [5, 5.41) is 10.9. The Hall–Kier alpha value is -2.53. The SMILES string of the molecule is COc1cccc(CC(=O)N2CCCC(O)(COc3ccccc3)CC2)c1. The molecule has 1 amide bonds. The number of ether oxygens (including phenoxy) is 2. The second-order valence-corrected chi connectivity index (χ2v) is 7.09. The maximum atomic E-state index is 12.7. The summed E-state index contributed by atoms with van der Waals surface area (Å²) in [6.45, 7) is 1.45. The lowest BCUT2D eigenvalue weighted by Crippen LogP contribution is -2.38. The van der Waals surface area contributed by atoms with Gasteiger partial charge in [-0.25, -0.2) is 0 Å². The Morgan fingerprint density at radius 2 is 1.85 bits per heavy atom. The quantitative estimate of drug-likeness (QED) is 0.850. The van der Waals surface area contributed by atoms with Gasteiger partial charge in [0.15, 0.2) is 0 Å². The lowest BCUT2D eigenvalue weighted by Gasteiger charge is -2.27. The summed E-state index contributed by atoms with van der Waals surface area (Å²) in [6.07, 6.45) is 2.25. The smallest absolute Gasteiger partial charge is 0.226 e. The number of methoxy groups -OCH3 is 1. The Morgan fingerprint density at radius 3 is 2.63 bits per heavy atom. The number of benzene rings is 2. The van der Waals surface area contributed by atoms with Crippen LogP contribution in [0.4, 0.5) is 0 Å². The zero-order valence-electron chi connectivity index (χ0n) is 15.8. The van der Waals surface area contributed by atoms with Crippen LogP contribution < -0.4 is 9.47 Å². The first-order valence-electron chi connectivity index (χ1n) is 9.39. The number of carbonyl (C=O) groups is 1. The van der Waals surface area contributed by atoms with Crippen LogP contribution >= 0.6 is 0 Å². The fraction of sp³-hybridized carbons (Fsp3) is 0.409. The molecule has 1 heterocycles. The third-order valence-corrected chi connectivity index (χ3v) is 5.01. The molecule has 0 aromatic heterocycles. The van der Waals surface area contributed by atoms with Gasteiger partial charge in [0.2, 0.25) is 5.91 Å². The van der Waals surface area contributed by atoms with Crippen LogP contribution in [0.5, 0.6) is 11.5 Å². The van der Waals surface area contributed by atoms with Gasteiger partial charge in [-0.1, -0.05) is 30.3 Å². The average molecular weight is 369 g/mol. The van der Waals surface area contributed by atoms with Crippen molar-refractivity contribution in [2.45, 2.75) is 31.3 Å². The molecule has 1 fully saturated rings. The molecule has 3 rings (SSSR count). The first-order chi connectivity index (χ1) is 13.1. The maximum absolute atomic E-state index is 12.7. The summed E-state index contributed by atoms with van der Waals surface area (Å²) in [5.74, 6) is 1.58. The van der Waals surface area contributed by atoms with E-state index in [4.69, 9.17) is 9.47 Å². The van der Waals surface area contributed by atoms with Crippen molar-refractivity contribution in [3.63, 3.8) is 0 Å². The molecular formula is C22H27NO4. The Balaban J connectivity index is 1.54. The number of amides is 1. The van der Waals surface area contributed by atoms with Gasteiger partial charge < -0.3 is 19.5 Å². The van der Waals surface area contributed by atoms with E-state index in [2.05, 4.69) is 0 Å². The Labute approximate surface area is 160 Å². The van der Waals surface area contributed by atoms with Gasteiger partial charge in [0.05, 0.1) is 13.5 Å². The van der Waals surface area contributed by atoms with Gasteiger partial charge in [0.1, 0.15) is 23.7 Å². The van der Waals surface area contributed by atoms with E-state index in [-0.39, 0.29) is 12.5 Å². The van der Waals surface area contributed by atoms with Crippen molar-refractivity contribution in [3.05, 3.63) is 60.2 Å². The van der Waals surface area contributed by atoms with Gasteiger partial charge in [-0.15, -0.1) is 0 Å². The minimum absolute atomic E-state index is 0.0801. The van der Waals surface area contributed by atoms with Crippen molar-refractivity contribution in [1.82, 2.24) is 4.90 Å². The Morgan fingerprint density at radius 1 is 1.07 bits per heavy atom. The van der Waals surface area contributed by atoms with E-state index in [9.17, 15) is 9.90 Å². The van der Waals surface area contributed by atoms with Crippen molar-refractivity contribution < 1.29 is 19.4 Å². The van der Waals surface area contributed by atoms with Crippen LogP contribution in [-0.2, 0) is 11.2 Å². The van der Waals surface area contributed by atoms with Crippen molar-refractivity contribution in [2.24, 2.45) is 0 Å². The lowest BCUT2D eigenvalue weighted by atomic mass is 9.96. The minimum Gasteiger partial charge on any atom is -0.497 e. The van der Waals surface area contributed by atoms with Crippen LogP contribution in [0, 0.1) is 0 Å². The molecule has 0 saturated carbocycles. The third kappa shape index (κ3) is 5.47. The number of carbonyl (C=O) groups excluding carboxylic acids is 1. The fourth-order valence-electron chi connectivity index (χ4n) is 3.38. The highest BCUT2D eigenvalue weighted by molar-refractivity contribution is 5.79. The van der Waals surface area contributed by atoms with Crippen molar-refractivity contribution in [3.8, 4) is 11.5 Å². The van der Waals surface area contributed by atoms with E-state index >= 15 is 0 Å². The number of rotatable bonds is 6. The van der Waals surface area contributed by atoms with Gasteiger partial charge in [-0.3, -0.25) is 4.79 Å². The predicted molar refractivity (Wildman–Crippen MR) is 104 cm³/mol. The number of para-hydroxylation sites is 1. The molecule has 27 heavy (non-hydrogen) atoms. The second-order valence-electron chi connectivity index (χ2n) is 7.09. The van der Waals surface area contributed by atoms with E-state index < -0.39 is 5.60 Å². The molecule has 2 aromatic rings. The van der Waals surface area contributed by atoms with Crippen molar-refractivity contribution in [1.29, 1.82) is 0 Å². The molecule has 0 bridgehead atoms. The molecule has 1 atom stereocenters. The Kier molecular flexibility index (Phi) is 6.35. The summed E-state index contributed by atoms with van der Waals surface area (Å²) in [5.41, 5.74) is 0.0344. The van der Waals surface area contributed by atoms with Crippen LogP contribution in [-0.4, -0.2) is 48.3 Å². The number of hydrogen-bond acceptors (Lipinski definition) is 4. The molecule has 0 aliphatic carbocycles. The fourth-order valence-corrected chi connectivity index (χ4v) is 3.38. The predicted octanol–water partition coefficient (Wildman–Crippen LogP) is 3.06. The highest BCUT2D eigenvalue weighted by Crippen LogP contribution is 2.24. The molecule has 1 unspecified atom stereocenters. The lowest BCUT2D eigenvalue weighted by molar-refractivity contribution is -0.130. The molecule has 0 spiro atoms. The zero-order chi connectivity index (χ0) is 19.1. The summed E-state index contributed by atoms with van der Waals surface area (Å²) < 4.78 is 11.0. The number of aliphatic hydroxyl groups is 1. The molecule has 0 radical (unpaired) electrons. The molecule has 1 aliphatic rings. The maximum Gasteiger partial charge on any atom is 0.226 e. The van der Waals surface area contributed by atoms with Crippen molar-refractivity contribution >= 4 is 5.91 Å². The van der Waals surface area contributed by atoms with E-state index in [1.165, 1.54) is 0 Å². The van der Waals surface area contributed by atoms with Crippen LogP contribution in [0.25, 0.3) is 0 Å². The Bertz CT molecular complexity index is 749. The first kappa shape index (κ1) is 19.2. The van der Waals surface area contributed by atoms with E-state index in [0.717, 1.165) is 23.5 Å². The largest absolute Gasteiger partial charge is 0.497 e. The summed E-state index contributed by atoms with van der Waals surface area (Å²) in [4.78, 5) is 14.5. The molecule has 144 valence electrons. The van der Waals surface area contributed by atoms with Crippen LogP contribution in [0.1, 0.15) is 24.8 Å². The molecule has 1 saturated heterocycles. The third-order valence-electron chi connectivity index (χ3n) is 5.01. The van der Waals surface area contributed by atoms with Crippen molar-refractivity contribution in [2.75, 3.05) is 26.8 Å². The summed E-state index contributed by atoms with van der Waals surface area (Å²) in [6, 6.07) is 17.1. The monoisotopic (exact) mass is 369 g/mol.